The predicted octanol–water partition coefficient (Wildman–Crippen LogP) is 5.40. The fourth-order valence-electron chi connectivity index (χ4n) is 5.94. The Morgan fingerprint density at radius 1 is 1.08 bits per heavy atom. The first-order valence-corrected chi connectivity index (χ1v) is 18.8. The van der Waals surface area contributed by atoms with Gasteiger partial charge in [0.25, 0.3) is 5.91 Å². The molecule has 1 saturated carbocycles. The van der Waals surface area contributed by atoms with E-state index in [4.69, 9.17) is 5.11 Å². The van der Waals surface area contributed by atoms with Crippen molar-refractivity contribution in [1.82, 2.24) is 20.5 Å². The van der Waals surface area contributed by atoms with Gasteiger partial charge in [0.05, 0.1) is 22.2 Å². The number of aromatic nitrogens is 1. The highest BCUT2D eigenvalue weighted by Gasteiger charge is 2.54. The minimum Gasteiger partial charge on any atom is -0.481 e. The second-order valence-corrected chi connectivity index (χ2v) is 16.1. The summed E-state index contributed by atoms with van der Waals surface area (Å²) in [5, 5.41) is 24.9. The molecule has 2 heterocycles. The first-order chi connectivity index (χ1) is 22.8. The number of amides is 3. The van der Waals surface area contributed by atoms with Gasteiger partial charge >= 0.3 is 5.97 Å². The molecule has 2 aromatic rings. The van der Waals surface area contributed by atoms with Crippen molar-refractivity contribution in [3.8, 4) is 10.4 Å². The molecule has 1 aromatic heterocycles. The normalized spacial score (nSPS) is 19.1. The molecule has 2 aliphatic rings. The summed E-state index contributed by atoms with van der Waals surface area (Å²) < 4.78 is 14.0. The summed E-state index contributed by atoms with van der Waals surface area (Å²) in [4.78, 5) is 57.8. The van der Waals surface area contributed by atoms with Gasteiger partial charge in [-0.15, -0.1) is 11.3 Å². The van der Waals surface area contributed by atoms with Crippen LogP contribution in [0.2, 0.25) is 0 Å². The maximum Gasteiger partial charge on any atom is 0.303 e. The lowest BCUT2D eigenvalue weighted by Crippen LogP contribution is -2.61. The Bertz CT molecular complexity index is 1410. The first kappa shape index (κ1) is 37.8. The van der Waals surface area contributed by atoms with Crippen LogP contribution in [0.3, 0.4) is 0 Å². The maximum absolute atomic E-state index is 14.8. The van der Waals surface area contributed by atoms with E-state index in [0.29, 0.717) is 6.42 Å². The molecule has 0 spiro atoms. The van der Waals surface area contributed by atoms with Gasteiger partial charge in [-0.1, -0.05) is 56.4 Å². The zero-order valence-corrected chi connectivity index (χ0v) is 29.8. The van der Waals surface area contributed by atoms with E-state index < -0.39 is 52.3 Å². The molecule has 3 atom stereocenters. The number of nitrogens with one attached hydrogen (secondary N) is 2. The number of hydrogen-bond acceptors (Lipinski definition) is 8. The largest absolute Gasteiger partial charge is 0.481 e. The van der Waals surface area contributed by atoms with E-state index in [2.05, 4.69) is 15.6 Å². The summed E-state index contributed by atoms with van der Waals surface area (Å²) in [6.07, 6.45) is 6.11. The number of unbranched alkanes of at least 4 members (excludes halogenated alkanes) is 6. The topological polar surface area (TPSA) is 149 Å². The smallest absolute Gasteiger partial charge is 0.303 e. The highest BCUT2D eigenvalue weighted by molar-refractivity contribution is 8.00. The van der Waals surface area contributed by atoms with Gasteiger partial charge in [-0.2, -0.15) is 11.8 Å². The number of rotatable bonds is 19. The molecular formula is C35H49FN4O6S2. The summed E-state index contributed by atoms with van der Waals surface area (Å²) in [6.45, 7) is 5.84. The molecule has 1 aliphatic carbocycles. The number of carboxylic acid groups (broad SMARTS) is 1. The van der Waals surface area contributed by atoms with Crippen molar-refractivity contribution in [2.75, 3.05) is 12.3 Å². The molecule has 13 heteroatoms. The van der Waals surface area contributed by atoms with Gasteiger partial charge in [0, 0.05) is 30.7 Å². The minimum absolute atomic E-state index is 0.0554. The molecule has 0 bridgehead atoms. The molecule has 1 saturated heterocycles. The van der Waals surface area contributed by atoms with E-state index in [0.717, 1.165) is 66.0 Å². The molecule has 48 heavy (non-hydrogen) atoms. The monoisotopic (exact) mass is 704 g/mol. The van der Waals surface area contributed by atoms with Crippen LogP contribution in [0.4, 0.5) is 4.39 Å². The van der Waals surface area contributed by atoms with Crippen LogP contribution in [0.15, 0.2) is 29.8 Å². The van der Waals surface area contributed by atoms with Gasteiger partial charge < -0.3 is 25.7 Å². The third kappa shape index (κ3) is 10.5. The van der Waals surface area contributed by atoms with E-state index in [1.165, 1.54) is 16.7 Å². The third-order valence-corrected chi connectivity index (χ3v) is 11.6. The number of carbonyl (C=O) groups is 4. The number of benzene rings is 1. The van der Waals surface area contributed by atoms with Gasteiger partial charge in [-0.3, -0.25) is 19.2 Å². The molecule has 4 rings (SSSR count). The number of aryl methyl sites for hydroxylation is 1. The number of carboxylic acids is 1. The van der Waals surface area contributed by atoms with Crippen molar-refractivity contribution in [3.05, 3.63) is 41.0 Å². The van der Waals surface area contributed by atoms with E-state index in [1.54, 1.807) is 16.8 Å². The fraction of sp³-hybridized carbons (Fsp3) is 0.629. The SMILES string of the molecule is Cc1ncsc1-c1ccc(CNC(=O)[C@@H]2C[C@@H](O)CN2C(=O)C(NC(=O)C2(F)CC2)C(C)(C)SCCCCCCCCCC(=O)O)cc1. The molecule has 4 N–H and O–H groups in total. The molecule has 1 aliphatic heterocycles. The molecule has 0 radical (unpaired) electrons. The average molecular weight is 705 g/mol. The molecular weight excluding hydrogens is 656 g/mol. The highest BCUT2D eigenvalue weighted by Crippen LogP contribution is 2.41. The number of likely N-dealkylation sites (tertiary alicyclic amines) is 1. The number of β-amino-alcohol motifs (C(OH)–C–C–N with tert-alkyl or cyclic N) is 1. The van der Waals surface area contributed by atoms with Gasteiger partial charge in [-0.25, -0.2) is 9.37 Å². The maximum atomic E-state index is 14.8. The number of halogens is 1. The molecule has 10 nitrogen and oxygen atoms in total. The third-order valence-electron chi connectivity index (χ3n) is 9.12. The van der Waals surface area contributed by atoms with E-state index in [1.807, 2.05) is 45.0 Å². The molecule has 3 amide bonds. The van der Waals surface area contributed by atoms with Crippen LogP contribution in [-0.4, -0.2) is 84.7 Å². The Morgan fingerprint density at radius 2 is 1.73 bits per heavy atom. The summed E-state index contributed by atoms with van der Waals surface area (Å²) >= 11 is 3.09. The molecule has 264 valence electrons. The van der Waals surface area contributed by atoms with E-state index in [-0.39, 0.29) is 38.8 Å². The number of thiazole rings is 1. The fourth-order valence-corrected chi connectivity index (χ4v) is 7.96. The summed E-state index contributed by atoms with van der Waals surface area (Å²) in [5.41, 5.74) is 2.71. The van der Waals surface area contributed by atoms with Crippen molar-refractivity contribution < 1.29 is 33.8 Å². The lowest BCUT2D eigenvalue weighted by atomic mass is 10.00. The summed E-state index contributed by atoms with van der Waals surface area (Å²) in [5.74, 6) is -1.76. The van der Waals surface area contributed by atoms with Crippen molar-refractivity contribution in [2.45, 2.75) is 127 Å². The predicted molar refractivity (Wildman–Crippen MR) is 186 cm³/mol. The first-order valence-electron chi connectivity index (χ1n) is 16.9. The van der Waals surface area contributed by atoms with Gasteiger partial charge in [-0.05, 0) is 63.3 Å². The number of thioether (sulfide) groups is 1. The number of aliphatic hydroxyl groups excluding tert-OH is 1. The Labute approximate surface area is 290 Å². The lowest BCUT2D eigenvalue weighted by molar-refractivity contribution is -0.143. The Balaban J connectivity index is 1.34. The van der Waals surface area contributed by atoms with Crippen LogP contribution in [0.25, 0.3) is 10.4 Å². The van der Waals surface area contributed by atoms with Crippen LogP contribution in [0, 0.1) is 6.92 Å². The highest BCUT2D eigenvalue weighted by atomic mass is 32.2. The standard InChI is InChI=1S/C35H49FN4O6S2/c1-23-29(47-22-38-23)25-14-12-24(13-15-25)20-37-31(44)27-19-26(41)21-40(27)32(45)30(39-33(46)35(36)16-17-35)34(2,3)48-18-10-8-6-4-5-7-9-11-28(42)43/h12-15,22,26-27,30,41H,4-11,16-21H2,1-3H3,(H,37,44)(H,39,46)(H,42,43)/t26-,27+,30?/m1/s1. The van der Waals surface area contributed by atoms with Crippen LogP contribution in [0.1, 0.15) is 95.7 Å². The van der Waals surface area contributed by atoms with Crippen LogP contribution < -0.4 is 10.6 Å². The quantitative estimate of drug-likeness (QED) is 0.142. The van der Waals surface area contributed by atoms with Gasteiger partial charge in [0.2, 0.25) is 11.8 Å². The van der Waals surface area contributed by atoms with Gasteiger partial charge in [0.15, 0.2) is 5.67 Å². The zero-order chi connectivity index (χ0) is 34.9. The van der Waals surface area contributed by atoms with Crippen LogP contribution in [0.5, 0.6) is 0 Å². The number of alkyl halides is 1. The molecule has 1 aromatic carbocycles. The van der Waals surface area contributed by atoms with Crippen molar-refractivity contribution >= 4 is 46.8 Å². The molecule has 2 fully saturated rings. The lowest BCUT2D eigenvalue weighted by Gasteiger charge is -2.37. The number of hydrogen-bond donors (Lipinski definition) is 4. The van der Waals surface area contributed by atoms with Crippen molar-refractivity contribution in [3.63, 3.8) is 0 Å². The number of aliphatic hydroxyl groups is 1. The number of carbonyl (C=O) groups excluding carboxylic acids is 3. The van der Waals surface area contributed by atoms with Gasteiger partial charge in [0.1, 0.15) is 12.1 Å². The molecule has 1 unspecified atom stereocenters. The van der Waals surface area contributed by atoms with Crippen LogP contribution in [-0.2, 0) is 25.7 Å². The summed E-state index contributed by atoms with van der Waals surface area (Å²) in [7, 11) is 0. The Hall–Kier alpha value is -3.03. The zero-order valence-electron chi connectivity index (χ0n) is 28.1. The van der Waals surface area contributed by atoms with Crippen molar-refractivity contribution in [2.24, 2.45) is 0 Å². The Morgan fingerprint density at radius 3 is 2.33 bits per heavy atom. The van der Waals surface area contributed by atoms with E-state index in [9.17, 15) is 28.7 Å². The van der Waals surface area contributed by atoms with Crippen LogP contribution >= 0.6 is 23.1 Å². The summed E-state index contributed by atoms with van der Waals surface area (Å²) in [6, 6.07) is 5.79. The number of aliphatic carboxylic acids is 1. The van der Waals surface area contributed by atoms with Crippen molar-refractivity contribution in [1.29, 1.82) is 0 Å². The second-order valence-electron chi connectivity index (χ2n) is 13.5. The van der Waals surface area contributed by atoms with E-state index >= 15 is 0 Å². The minimum atomic E-state index is -1.97. The number of nitrogens with zero attached hydrogens (tertiary/aromatic N) is 2. The average Bonchev–Trinajstić information content (AvgIpc) is 3.46. The Kier molecular flexibility index (Phi) is 13.4. The second kappa shape index (κ2) is 17.1.